The molecule has 114 valence electrons. The van der Waals surface area contributed by atoms with Gasteiger partial charge in [-0.1, -0.05) is 11.6 Å². The number of hydrogen-bond acceptors (Lipinski definition) is 5. The molecule has 1 aliphatic heterocycles. The molecule has 0 aromatic heterocycles. The molecule has 0 saturated heterocycles. The van der Waals surface area contributed by atoms with Crippen LogP contribution in [0.5, 0.6) is 11.5 Å². The molecule has 1 aromatic carbocycles. The summed E-state index contributed by atoms with van der Waals surface area (Å²) in [4.78, 5) is 22.5. The normalized spacial score (nSPS) is 13.0. The molecular weight excluding hydrogens is 298 g/mol. The Labute approximate surface area is 126 Å². The first kappa shape index (κ1) is 15.2. The number of anilines is 1. The topological polar surface area (TPSA) is 88.7 Å². The largest absolute Gasteiger partial charge is 0.490 e. The van der Waals surface area contributed by atoms with Crippen molar-refractivity contribution in [1.82, 2.24) is 10.6 Å². The number of rotatable bonds is 3. The van der Waals surface area contributed by atoms with Crippen LogP contribution in [0.2, 0.25) is 5.02 Å². The van der Waals surface area contributed by atoms with Gasteiger partial charge in [0.2, 0.25) is 5.91 Å². The zero-order valence-corrected chi connectivity index (χ0v) is 12.3. The number of halogens is 1. The lowest BCUT2D eigenvalue weighted by molar-refractivity contribution is -0.118. The second-order valence-corrected chi connectivity index (χ2v) is 4.72. The van der Waals surface area contributed by atoms with E-state index in [1.165, 1.54) is 7.05 Å². The predicted octanol–water partition coefficient (Wildman–Crippen LogP) is 1.37. The standard InChI is InChI=1S/C13H16ClN3O4/c1-15-13(19)17-12(18)7-16-9-6-11-10(5-8(9)14)20-3-2-4-21-11/h5-6,16H,2-4,7H2,1H3,(H2,15,17,18,19). The van der Waals surface area contributed by atoms with Crippen molar-refractivity contribution in [2.75, 3.05) is 32.1 Å². The maximum atomic E-state index is 11.5. The molecule has 2 rings (SSSR count). The number of carbonyl (C=O) groups excluding carboxylic acids is 2. The summed E-state index contributed by atoms with van der Waals surface area (Å²) in [6, 6.07) is 2.75. The minimum Gasteiger partial charge on any atom is -0.490 e. The summed E-state index contributed by atoms with van der Waals surface area (Å²) in [7, 11) is 1.43. The lowest BCUT2D eigenvalue weighted by atomic mass is 10.2. The van der Waals surface area contributed by atoms with E-state index in [0.29, 0.717) is 35.4 Å². The van der Waals surface area contributed by atoms with Crippen molar-refractivity contribution in [3.63, 3.8) is 0 Å². The molecule has 0 saturated carbocycles. The fourth-order valence-corrected chi connectivity index (χ4v) is 1.95. The zero-order valence-electron chi connectivity index (χ0n) is 11.5. The first-order valence-corrected chi connectivity index (χ1v) is 6.82. The van der Waals surface area contributed by atoms with E-state index in [4.69, 9.17) is 21.1 Å². The molecule has 0 spiro atoms. The molecule has 0 radical (unpaired) electrons. The maximum Gasteiger partial charge on any atom is 0.321 e. The number of benzene rings is 1. The van der Waals surface area contributed by atoms with Crippen LogP contribution in [-0.2, 0) is 4.79 Å². The summed E-state index contributed by atoms with van der Waals surface area (Å²) in [5, 5.41) is 7.70. The molecule has 1 heterocycles. The summed E-state index contributed by atoms with van der Waals surface area (Å²) in [6.45, 7) is 1.04. The highest BCUT2D eigenvalue weighted by Crippen LogP contribution is 2.37. The van der Waals surface area contributed by atoms with Gasteiger partial charge in [0.05, 0.1) is 30.5 Å². The van der Waals surface area contributed by atoms with Gasteiger partial charge >= 0.3 is 6.03 Å². The minimum atomic E-state index is -0.563. The summed E-state index contributed by atoms with van der Waals surface area (Å²) in [5.41, 5.74) is 0.535. The van der Waals surface area contributed by atoms with Gasteiger partial charge in [-0.25, -0.2) is 4.79 Å². The van der Waals surface area contributed by atoms with Crippen LogP contribution in [0.4, 0.5) is 10.5 Å². The molecule has 0 atom stereocenters. The second-order valence-electron chi connectivity index (χ2n) is 4.31. The smallest absolute Gasteiger partial charge is 0.321 e. The van der Waals surface area contributed by atoms with Gasteiger partial charge in [-0.15, -0.1) is 0 Å². The monoisotopic (exact) mass is 313 g/mol. The van der Waals surface area contributed by atoms with E-state index in [9.17, 15) is 9.59 Å². The van der Waals surface area contributed by atoms with E-state index in [1.807, 2.05) is 0 Å². The van der Waals surface area contributed by atoms with E-state index in [2.05, 4.69) is 16.0 Å². The Morgan fingerprint density at radius 3 is 2.57 bits per heavy atom. The van der Waals surface area contributed by atoms with Crippen molar-refractivity contribution in [2.24, 2.45) is 0 Å². The van der Waals surface area contributed by atoms with Crippen molar-refractivity contribution in [2.45, 2.75) is 6.42 Å². The summed E-state index contributed by atoms with van der Waals surface area (Å²) >= 11 is 6.12. The first-order chi connectivity index (χ1) is 10.1. The van der Waals surface area contributed by atoms with E-state index in [-0.39, 0.29) is 6.54 Å². The highest BCUT2D eigenvalue weighted by molar-refractivity contribution is 6.33. The van der Waals surface area contributed by atoms with Crippen LogP contribution in [0.15, 0.2) is 12.1 Å². The van der Waals surface area contributed by atoms with Crippen LogP contribution in [0.3, 0.4) is 0 Å². The lowest BCUT2D eigenvalue weighted by Crippen LogP contribution is -2.40. The Hall–Kier alpha value is -2.15. The number of ether oxygens (including phenoxy) is 2. The van der Waals surface area contributed by atoms with Gasteiger partial charge in [-0.3, -0.25) is 10.1 Å². The van der Waals surface area contributed by atoms with Crippen molar-refractivity contribution in [3.8, 4) is 11.5 Å². The van der Waals surface area contributed by atoms with Gasteiger partial charge < -0.3 is 20.1 Å². The van der Waals surface area contributed by atoms with E-state index in [1.54, 1.807) is 12.1 Å². The van der Waals surface area contributed by atoms with Gasteiger partial charge in [0.1, 0.15) is 0 Å². The Kier molecular flexibility index (Phi) is 5.10. The van der Waals surface area contributed by atoms with E-state index in [0.717, 1.165) is 6.42 Å². The molecule has 21 heavy (non-hydrogen) atoms. The third kappa shape index (κ3) is 4.16. The number of fused-ring (bicyclic) bond motifs is 1. The summed E-state index contributed by atoms with van der Waals surface area (Å²) < 4.78 is 11.1. The van der Waals surface area contributed by atoms with Crippen LogP contribution in [-0.4, -0.2) is 38.7 Å². The SMILES string of the molecule is CNC(=O)NC(=O)CNc1cc2c(cc1Cl)OCCCO2. The molecular formula is C13H16ClN3O4. The van der Waals surface area contributed by atoms with Crippen LogP contribution < -0.4 is 25.4 Å². The lowest BCUT2D eigenvalue weighted by Gasteiger charge is -2.13. The van der Waals surface area contributed by atoms with E-state index < -0.39 is 11.9 Å². The first-order valence-electron chi connectivity index (χ1n) is 6.44. The average molecular weight is 314 g/mol. The van der Waals surface area contributed by atoms with Crippen molar-refractivity contribution < 1.29 is 19.1 Å². The molecule has 0 unspecified atom stereocenters. The third-order valence-electron chi connectivity index (χ3n) is 2.76. The number of imide groups is 1. The Morgan fingerprint density at radius 2 is 1.90 bits per heavy atom. The molecule has 3 N–H and O–H groups in total. The Morgan fingerprint density at radius 1 is 1.24 bits per heavy atom. The Balaban J connectivity index is 2.02. The summed E-state index contributed by atoms with van der Waals surface area (Å²) in [5.74, 6) is 0.682. The van der Waals surface area contributed by atoms with Crippen molar-refractivity contribution in [1.29, 1.82) is 0 Å². The highest BCUT2D eigenvalue weighted by atomic mass is 35.5. The minimum absolute atomic E-state index is 0.0905. The van der Waals surface area contributed by atoms with Gasteiger partial charge in [0.25, 0.3) is 0 Å². The molecule has 1 aromatic rings. The van der Waals surface area contributed by atoms with Gasteiger partial charge in [-0.2, -0.15) is 0 Å². The fourth-order valence-electron chi connectivity index (χ4n) is 1.73. The number of hydrogen-bond donors (Lipinski definition) is 3. The second kappa shape index (κ2) is 7.03. The van der Waals surface area contributed by atoms with Gasteiger partial charge in [0.15, 0.2) is 11.5 Å². The van der Waals surface area contributed by atoms with Crippen molar-refractivity contribution >= 4 is 29.2 Å². The van der Waals surface area contributed by atoms with Crippen LogP contribution >= 0.6 is 11.6 Å². The van der Waals surface area contributed by atoms with Crippen molar-refractivity contribution in [3.05, 3.63) is 17.2 Å². The average Bonchev–Trinajstić information content (AvgIpc) is 2.69. The van der Waals surface area contributed by atoms with Crippen LogP contribution in [0.25, 0.3) is 0 Å². The van der Waals surface area contributed by atoms with Crippen LogP contribution in [0.1, 0.15) is 6.42 Å². The quantitative estimate of drug-likeness (QED) is 0.784. The number of urea groups is 1. The molecule has 1 aliphatic rings. The number of carbonyl (C=O) groups is 2. The van der Waals surface area contributed by atoms with E-state index >= 15 is 0 Å². The molecule has 8 heteroatoms. The number of nitrogens with one attached hydrogen (secondary N) is 3. The zero-order chi connectivity index (χ0) is 15.2. The molecule has 0 bridgehead atoms. The fraction of sp³-hybridized carbons (Fsp3) is 0.385. The van der Waals surface area contributed by atoms with Crippen LogP contribution in [0, 0.1) is 0 Å². The molecule has 0 fully saturated rings. The number of amides is 3. The highest BCUT2D eigenvalue weighted by Gasteiger charge is 2.15. The molecule has 3 amide bonds. The molecule has 0 aliphatic carbocycles. The van der Waals surface area contributed by atoms with Gasteiger partial charge in [-0.05, 0) is 0 Å². The maximum absolute atomic E-state index is 11.5. The summed E-state index contributed by atoms with van der Waals surface area (Å²) in [6.07, 6.45) is 0.795. The van der Waals surface area contributed by atoms with Gasteiger partial charge in [0, 0.05) is 25.6 Å². The molecule has 7 nitrogen and oxygen atoms in total. The third-order valence-corrected chi connectivity index (χ3v) is 3.07. The Bertz CT molecular complexity index is 550. The predicted molar refractivity (Wildman–Crippen MR) is 78.1 cm³/mol.